The topological polar surface area (TPSA) is 48.0 Å². The second-order valence-corrected chi connectivity index (χ2v) is 3.00. The van der Waals surface area contributed by atoms with Gasteiger partial charge >= 0.3 is 5.69 Å². The third kappa shape index (κ3) is 0.821. The summed E-state index contributed by atoms with van der Waals surface area (Å²) in [5, 5.41) is 0. The number of benzene rings is 1. The Morgan fingerprint density at radius 2 is 2.14 bits per heavy atom. The van der Waals surface area contributed by atoms with Crippen molar-refractivity contribution >= 4 is 11.1 Å². The van der Waals surface area contributed by atoms with Crippen LogP contribution >= 0.6 is 0 Å². The molecule has 14 heavy (non-hydrogen) atoms. The Hall–Kier alpha value is -2.10. The quantitative estimate of drug-likeness (QED) is 0.533. The average Bonchev–Trinajstić information content (AvgIpc) is 2.61. The van der Waals surface area contributed by atoms with Crippen LogP contribution in [0.2, 0.25) is 0 Å². The molecule has 0 spiro atoms. The number of rotatable bonds is 0. The summed E-state index contributed by atoms with van der Waals surface area (Å²) in [7, 11) is 0. The summed E-state index contributed by atoms with van der Waals surface area (Å²) in [6, 6.07) is 7.36. The molecule has 0 bridgehead atoms. The number of hydrogen-bond donors (Lipinski definition) is 0. The minimum atomic E-state index is -0.271. The second-order valence-electron chi connectivity index (χ2n) is 3.00. The largest absolute Gasteiger partial charge is 0.461 e. The molecule has 0 aromatic heterocycles. The first-order chi connectivity index (χ1) is 6.86. The van der Waals surface area contributed by atoms with E-state index >= 15 is 0 Å². The average molecular weight is 186 g/mol. The number of hydrogen-bond acceptors (Lipinski definition) is 3. The van der Waals surface area contributed by atoms with Crippen LogP contribution in [0.15, 0.2) is 45.9 Å². The molecule has 3 rings (SSSR count). The van der Waals surface area contributed by atoms with Crippen molar-refractivity contribution in [3.05, 3.63) is 47.2 Å². The zero-order valence-electron chi connectivity index (χ0n) is 7.18. The molecule has 0 fully saturated rings. The third-order valence-corrected chi connectivity index (χ3v) is 2.17. The lowest BCUT2D eigenvalue weighted by molar-refractivity contribution is 0.592. The molecule has 4 nitrogen and oxygen atoms in total. The monoisotopic (exact) mass is 186 g/mol. The van der Waals surface area contributed by atoms with Gasteiger partial charge < -0.3 is 4.42 Å². The summed E-state index contributed by atoms with van der Waals surface area (Å²) in [6.45, 7) is 0. The van der Waals surface area contributed by atoms with Crippen LogP contribution in [0.1, 0.15) is 0 Å². The van der Waals surface area contributed by atoms with E-state index in [4.69, 9.17) is 4.42 Å². The van der Waals surface area contributed by atoms with Crippen LogP contribution in [0.5, 0.6) is 0 Å². The maximum Gasteiger partial charge on any atom is 0.352 e. The Morgan fingerprint density at radius 3 is 3.07 bits per heavy atom. The van der Waals surface area contributed by atoms with Gasteiger partial charge in [0.1, 0.15) is 12.0 Å². The molecule has 1 aromatic rings. The zero-order valence-corrected chi connectivity index (χ0v) is 7.18. The Morgan fingerprint density at radius 1 is 1.29 bits per heavy atom. The van der Waals surface area contributed by atoms with Crippen molar-refractivity contribution in [1.29, 1.82) is 0 Å². The predicted octanol–water partition coefficient (Wildman–Crippen LogP) is 1.42. The minimum Gasteiger partial charge on any atom is -0.461 e. The summed E-state index contributed by atoms with van der Waals surface area (Å²) in [6.07, 6.45) is 3.02. The lowest BCUT2D eigenvalue weighted by Crippen LogP contribution is -2.14. The molecule has 0 atom stereocenters. The maximum absolute atomic E-state index is 11.4. The molecular formula is C10H6N2O2. The maximum atomic E-state index is 11.4. The van der Waals surface area contributed by atoms with E-state index in [2.05, 4.69) is 4.98 Å². The van der Waals surface area contributed by atoms with Gasteiger partial charge in [0.25, 0.3) is 0 Å². The summed E-state index contributed by atoms with van der Waals surface area (Å²) in [5.41, 5.74) is 1.82. The summed E-state index contributed by atoms with van der Waals surface area (Å²) in [5.74, 6) is 0. The zero-order chi connectivity index (χ0) is 9.54. The molecule has 2 heterocycles. The number of imidazole rings is 1. The first-order valence-corrected chi connectivity index (χ1v) is 4.20. The predicted molar refractivity (Wildman–Crippen MR) is 50.8 cm³/mol. The molecule has 0 saturated heterocycles. The lowest BCUT2D eigenvalue weighted by atomic mass is 10.3. The number of aromatic nitrogens is 2. The van der Waals surface area contributed by atoms with Crippen LogP contribution in [0, 0.1) is 0 Å². The number of para-hydroxylation sites is 2. The molecule has 2 aliphatic rings. The van der Waals surface area contributed by atoms with E-state index < -0.39 is 0 Å². The van der Waals surface area contributed by atoms with Gasteiger partial charge in [0.05, 0.1) is 11.7 Å². The molecule has 4 heteroatoms. The van der Waals surface area contributed by atoms with Gasteiger partial charge in [0, 0.05) is 0 Å². The van der Waals surface area contributed by atoms with Gasteiger partial charge in [-0.15, -0.1) is 0 Å². The van der Waals surface area contributed by atoms with Crippen molar-refractivity contribution in [2.24, 2.45) is 0 Å². The molecule has 0 N–H and O–H groups in total. The summed E-state index contributed by atoms with van der Waals surface area (Å²) in [4.78, 5) is 15.1. The van der Waals surface area contributed by atoms with Crippen molar-refractivity contribution in [1.82, 2.24) is 9.55 Å². The van der Waals surface area contributed by atoms with Gasteiger partial charge in [-0.1, -0.05) is 12.1 Å². The fraction of sp³-hybridized carbons (Fsp3) is 0. The fourth-order valence-corrected chi connectivity index (χ4v) is 1.54. The van der Waals surface area contributed by atoms with Crippen LogP contribution in [0.4, 0.5) is 0 Å². The van der Waals surface area contributed by atoms with Crippen molar-refractivity contribution in [2.75, 3.05) is 0 Å². The van der Waals surface area contributed by atoms with Crippen LogP contribution in [-0.2, 0) is 0 Å². The van der Waals surface area contributed by atoms with Gasteiger partial charge in [-0.3, -0.25) is 4.57 Å². The normalized spacial score (nSPS) is 11.1. The highest BCUT2D eigenvalue weighted by Crippen LogP contribution is 2.17. The highest BCUT2D eigenvalue weighted by molar-refractivity contribution is 5.74. The smallest absolute Gasteiger partial charge is 0.352 e. The molecule has 68 valence electrons. The van der Waals surface area contributed by atoms with Crippen LogP contribution in [-0.4, -0.2) is 9.55 Å². The van der Waals surface area contributed by atoms with E-state index in [-0.39, 0.29) is 5.69 Å². The fourth-order valence-electron chi connectivity index (χ4n) is 1.54. The standard InChI is InChI=1S/C10H6N2O2/c13-10-11-5-7-6-14-9-4-2-1-3-8(9)12(7)10/h1-6H. The first-order valence-electron chi connectivity index (χ1n) is 4.20. The molecule has 0 aliphatic carbocycles. The molecule has 1 aromatic carbocycles. The Bertz CT molecular complexity index is 623. The highest BCUT2D eigenvalue weighted by Gasteiger charge is 2.10. The van der Waals surface area contributed by atoms with E-state index in [1.807, 2.05) is 24.3 Å². The van der Waals surface area contributed by atoms with Gasteiger partial charge in [0.2, 0.25) is 0 Å². The van der Waals surface area contributed by atoms with Gasteiger partial charge in [-0.2, -0.15) is 4.98 Å². The molecule has 0 amide bonds. The van der Waals surface area contributed by atoms with Gasteiger partial charge in [-0.25, -0.2) is 4.79 Å². The van der Waals surface area contributed by atoms with E-state index in [1.54, 1.807) is 0 Å². The molecule has 2 aliphatic heterocycles. The number of fused-ring (bicyclic) bond motifs is 3. The lowest BCUT2D eigenvalue weighted by Gasteiger charge is -2.04. The van der Waals surface area contributed by atoms with Crippen molar-refractivity contribution in [3.63, 3.8) is 0 Å². The van der Waals surface area contributed by atoms with E-state index in [1.165, 1.54) is 17.0 Å². The second kappa shape index (κ2) is 2.45. The van der Waals surface area contributed by atoms with Gasteiger partial charge in [0.15, 0.2) is 5.58 Å². The van der Waals surface area contributed by atoms with Crippen molar-refractivity contribution in [2.45, 2.75) is 0 Å². The van der Waals surface area contributed by atoms with Crippen LogP contribution in [0.3, 0.4) is 0 Å². The third-order valence-electron chi connectivity index (χ3n) is 2.17. The summed E-state index contributed by atoms with van der Waals surface area (Å²) < 4.78 is 6.87. The molecule has 0 saturated carbocycles. The van der Waals surface area contributed by atoms with E-state index in [0.29, 0.717) is 11.3 Å². The molecular weight excluding hydrogens is 180 g/mol. The Kier molecular flexibility index (Phi) is 1.28. The Labute approximate surface area is 78.8 Å². The van der Waals surface area contributed by atoms with E-state index in [9.17, 15) is 4.79 Å². The SMILES string of the molecule is O=c1ncc2coc3ccccc3n1-2. The van der Waals surface area contributed by atoms with Crippen LogP contribution < -0.4 is 5.69 Å². The first kappa shape index (κ1) is 7.32. The molecule has 0 radical (unpaired) electrons. The molecule has 0 unspecified atom stereocenters. The van der Waals surface area contributed by atoms with Gasteiger partial charge in [-0.05, 0) is 12.1 Å². The summed E-state index contributed by atoms with van der Waals surface area (Å²) >= 11 is 0. The highest BCUT2D eigenvalue weighted by atomic mass is 16.3. The number of nitrogens with zero attached hydrogens (tertiary/aromatic N) is 2. The van der Waals surface area contributed by atoms with Crippen molar-refractivity contribution in [3.8, 4) is 5.69 Å². The Balaban J connectivity index is 2.64. The van der Waals surface area contributed by atoms with Crippen molar-refractivity contribution < 1.29 is 4.42 Å². The van der Waals surface area contributed by atoms with E-state index in [0.717, 1.165) is 5.52 Å². The minimum absolute atomic E-state index is 0.271. The van der Waals surface area contributed by atoms with Crippen LogP contribution in [0.25, 0.3) is 16.8 Å².